The van der Waals surface area contributed by atoms with E-state index in [9.17, 15) is 24.5 Å². The van der Waals surface area contributed by atoms with E-state index in [1.807, 2.05) is 19.1 Å². The predicted octanol–water partition coefficient (Wildman–Crippen LogP) is 4.87. The fourth-order valence-corrected chi connectivity index (χ4v) is 4.38. The second-order valence-corrected chi connectivity index (χ2v) is 8.20. The monoisotopic (exact) mass is 467 g/mol. The van der Waals surface area contributed by atoms with Crippen LogP contribution in [0.2, 0.25) is 0 Å². The van der Waals surface area contributed by atoms with Crippen molar-refractivity contribution >= 4 is 45.5 Å². The highest BCUT2D eigenvalue weighted by Gasteiger charge is 2.27. The van der Waals surface area contributed by atoms with Crippen LogP contribution in [-0.2, 0) is 4.74 Å². The highest BCUT2D eigenvalue weighted by Crippen LogP contribution is 2.35. The van der Waals surface area contributed by atoms with Gasteiger partial charge in [-0.05, 0) is 44.0 Å². The van der Waals surface area contributed by atoms with Crippen molar-refractivity contribution in [3.63, 3.8) is 0 Å². The number of nitro benzene ring substituents is 1. The quantitative estimate of drug-likeness (QED) is 0.302. The van der Waals surface area contributed by atoms with Crippen molar-refractivity contribution in [2.75, 3.05) is 17.7 Å². The highest BCUT2D eigenvalue weighted by molar-refractivity contribution is 7.19. The largest absolute Gasteiger partial charge is 0.465 e. The summed E-state index contributed by atoms with van der Waals surface area (Å²) in [5.74, 6) is -1.80. The number of methoxy groups -OCH3 is 1. The summed E-state index contributed by atoms with van der Waals surface area (Å²) >= 11 is 0.924. The van der Waals surface area contributed by atoms with Crippen molar-refractivity contribution in [1.82, 2.24) is 0 Å². The molecule has 0 saturated heterocycles. The number of nitrogens with one attached hydrogen (secondary N) is 2. The van der Waals surface area contributed by atoms with E-state index < -0.39 is 22.7 Å². The Morgan fingerprint density at radius 1 is 0.939 bits per heavy atom. The Labute approximate surface area is 193 Å². The number of carbonyl (C=O) groups is 3. The SMILES string of the molecule is COC(=O)c1c(NC(=O)c2cccc([N+](=O)[O-])c2C)sc(C(=O)Nc2ccccc2C)c1C. The van der Waals surface area contributed by atoms with Gasteiger partial charge in [-0.15, -0.1) is 11.3 Å². The first-order chi connectivity index (χ1) is 15.6. The summed E-state index contributed by atoms with van der Waals surface area (Å²) in [5, 5.41) is 16.7. The number of aryl methyl sites for hydroxylation is 1. The summed E-state index contributed by atoms with van der Waals surface area (Å²) < 4.78 is 4.85. The molecule has 0 atom stereocenters. The summed E-state index contributed by atoms with van der Waals surface area (Å²) in [6.45, 7) is 4.91. The molecule has 1 aromatic heterocycles. The Balaban J connectivity index is 1.99. The number of thiophene rings is 1. The molecule has 0 fully saturated rings. The minimum absolute atomic E-state index is 0.0499. The second-order valence-electron chi connectivity index (χ2n) is 7.18. The standard InChI is InChI=1S/C23H21N3O6S/c1-12-8-5-6-10-16(12)24-21(28)19-14(3)18(23(29)32-4)22(33-19)25-20(27)15-9-7-11-17(13(15)2)26(30)31/h5-11H,1-4H3,(H,24,28)(H,25,27). The maximum atomic E-state index is 13.0. The molecule has 0 unspecified atom stereocenters. The van der Waals surface area contributed by atoms with Crippen LogP contribution in [0.25, 0.3) is 0 Å². The van der Waals surface area contributed by atoms with Crippen LogP contribution in [0.15, 0.2) is 42.5 Å². The normalized spacial score (nSPS) is 10.4. The zero-order valence-corrected chi connectivity index (χ0v) is 19.2. The highest BCUT2D eigenvalue weighted by atomic mass is 32.1. The van der Waals surface area contributed by atoms with Crippen molar-refractivity contribution in [1.29, 1.82) is 0 Å². The number of ether oxygens (including phenoxy) is 1. The van der Waals surface area contributed by atoms with Gasteiger partial charge in [0.1, 0.15) is 5.00 Å². The second kappa shape index (κ2) is 9.61. The number of rotatable bonds is 6. The lowest BCUT2D eigenvalue weighted by molar-refractivity contribution is -0.385. The number of benzene rings is 2. The molecule has 10 heteroatoms. The lowest BCUT2D eigenvalue weighted by Gasteiger charge is -2.08. The Morgan fingerprint density at radius 2 is 1.64 bits per heavy atom. The smallest absolute Gasteiger partial charge is 0.341 e. The van der Waals surface area contributed by atoms with E-state index in [-0.39, 0.29) is 32.3 Å². The Morgan fingerprint density at radius 3 is 2.27 bits per heavy atom. The summed E-state index contributed by atoms with van der Waals surface area (Å²) in [6, 6.07) is 11.4. The van der Waals surface area contributed by atoms with E-state index in [0.717, 1.165) is 16.9 Å². The van der Waals surface area contributed by atoms with Crippen LogP contribution in [0.1, 0.15) is 47.1 Å². The molecule has 1 heterocycles. The summed E-state index contributed by atoms with van der Waals surface area (Å²) in [5.41, 5.74) is 1.95. The molecule has 0 spiro atoms. The first-order valence-corrected chi connectivity index (χ1v) is 10.6. The number of hydrogen-bond donors (Lipinski definition) is 2. The average molecular weight is 468 g/mol. The van der Waals surface area contributed by atoms with E-state index >= 15 is 0 Å². The first kappa shape index (κ1) is 23.6. The third-order valence-electron chi connectivity index (χ3n) is 5.11. The summed E-state index contributed by atoms with van der Waals surface area (Å²) in [4.78, 5) is 49.2. The molecular formula is C23H21N3O6S. The minimum atomic E-state index is -0.718. The average Bonchev–Trinajstić information content (AvgIpc) is 3.10. The van der Waals surface area contributed by atoms with Gasteiger partial charge in [-0.1, -0.05) is 24.3 Å². The Hall–Kier alpha value is -4.05. The molecule has 0 radical (unpaired) electrons. The number of para-hydroxylation sites is 1. The van der Waals surface area contributed by atoms with Crippen LogP contribution in [-0.4, -0.2) is 29.8 Å². The zero-order valence-electron chi connectivity index (χ0n) is 18.3. The van der Waals surface area contributed by atoms with Gasteiger partial charge in [0.2, 0.25) is 0 Å². The molecule has 0 aliphatic carbocycles. The van der Waals surface area contributed by atoms with Crippen LogP contribution in [0.4, 0.5) is 16.4 Å². The molecule has 2 N–H and O–H groups in total. The number of esters is 1. The van der Waals surface area contributed by atoms with Crippen molar-refractivity contribution < 1.29 is 24.0 Å². The lowest BCUT2D eigenvalue weighted by Crippen LogP contribution is -2.16. The van der Waals surface area contributed by atoms with E-state index in [1.165, 1.54) is 32.2 Å². The predicted molar refractivity (Wildman–Crippen MR) is 125 cm³/mol. The van der Waals surface area contributed by atoms with E-state index in [0.29, 0.717) is 11.3 Å². The van der Waals surface area contributed by atoms with Crippen LogP contribution in [0.5, 0.6) is 0 Å². The fraction of sp³-hybridized carbons (Fsp3) is 0.174. The molecule has 9 nitrogen and oxygen atoms in total. The molecule has 2 aromatic carbocycles. The third kappa shape index (κ3) is 4.75. The van der Waals surface area contributed by atoms with Crippen LogP contribution in [0.3, 0.4) is 0 Å². The van der Waals surface area contributed by atoms with Crippen molar-refractivity contribution in [2.24, 2.45) is 0 Å². The molecule has 0 aliphatic heterocycles. The number of hydrogen-bond acceptors (Lipinski definition) is 7. The van der Waals surface area contributed by atoms with Gasteiger partial charge in [0, 0.05) is 22.9 Å². The van der Waals surface area contributed by atoms with Gasteiger partial charge in [-0.3, -0.25) is 19.7 Å². The van der Waals surface area contributed by atoms with Gasteiger partial charge in [-0.2, -0.15) is 0 Å². The lowest BCUT2D eigenvalue weighted by atomic mass is 10.1. The van der Waals surface area contributed by atoms with Gasteiger partial charge in [0.15, 0.2) is 0 Å². The number of nitrogens with zero attached hydrogens (tertiary/aromatic N) is 1. The van der Waals surface area contributed by atoms with Gasteiger partial charge in [0.25, 0.3) is 17.5 Å². The number of anilines is 2. The molecule has 33 heavy (non-hydrogen) atoms. The van der Waals surface area contributed by atoms with Crippen molar-refractivity contribution in [2.45, 2.75) is 20.8 Å². The topological polar surface area (TPSA) is 128 Å². The van der Waals surface area contributed by atoms with Crippen molar-refractivity contribution in [3.8, 4) is 0 Å². The van der Waals surface area contributed by atoms with E-state index in [4.69, 9.17) is 4.74 Å². The minimum Gasteiger partial charge on any atom is -0.465 e. The third-order valence-corrected chi connectivity index (χ3v) is 6.32. The van der Waals surface area contributed by atoms with Gasteiger partial charge < -0.3 is 15.4 Å². The zero-order chi connectivity index (χ0) is 24.3. The van der Waals surface area contributed by atoms with Crippen LogP contribution >= 0.6 is 11.3 Å². The molecule has 2 amide bonds. The Kier molecular flexibility index (Phi) is 6.88. The molecule has 0 saturated carbocycles. The maximum Gasteiger partial charge on any atom is 0.341 e. The Bertz CT molecular complexity index is 1280. The molecule has 170 valence electrons. The van der Waals surface area contributed by atoms with Crippen LogP contribution < -0.4 is 10.6 Å². The van der Waals surface area contributed by atoms with Crippen molar-refractivity contribution in [3.05, 3.63) is 85.3 Å². The molecule has 0 aliphatic rings. The number of nitro groups is 1. The van der Waals surface area contributed by atoms with Gasteiger partial charge in [0.05, 0.1) is 22.5 Å². The number of amides is 2. The van der Waals surface area contributed by atoms with Gasteiger partial charge >= 0.3 is 5.97 Å². The summed E-state index contributed by atoms with van der Waals surface area (Å²) in [7, 11) is 1.20. The number of carbonyl (C=O) groups excluding carboxylic acids is 3. The van der Waals surface area contributed by atoms with Crippen LogP contribution in [0, 0.1) is 30.9 Å². The first-order valence-electron chi connectivity index (χ1n) is 9.79. The van der Waals surface area contributed by atoms with E-state index in [1.54, 1.807) is 19.1 Å². The molecule has 3 aromatic rings. The molecular weight excluding hydrogens is 446 g/mol. The molecule has 0 bridgehead atoms. The fourth-order valence-electron chi connectivity index (χ4n) is 3.30. The van der Waals surface area contributed by atoms with E-state index in [2.05, 4.69) is 10.6 Å². The van der Waals surface area contributed by atoms with Gasteiger partial charge in [-0.25, -0.2) is 4.79 Å². The maximum absolute atomic E-state index is 13.0. The molecule has 3 rings (SSSR count). The summed E-state index contributed by atoms with van der Waals surface area (Å²) in [6.07, 6.45) is 0.